The van der Waals surface area contributed by atoms with Crippen LogP contribution in [0.15, 0.2) is 34.1 Å². The Labute approximate surface area is 126 Å². The zero-order valence-corrected chi connectivity index (χ0v) is 13.1. The van der Waals surface area contributed by atoms with Gasteiger partial charge in [0, 0.05) is 28.1 Å². The summed E-state index contributed by atoms with van der Waals surface area (Å²) in [4.78, 5) is 4.00. The SMILES string of the molecule is NCCc1ccc(N2CCc3sccc3C2)cc1Br. The lowest BCUT2D eigenvalue weighted by atomic mass is 10.1. The monoisotopic (exact) mass is 336 g/mol. The van der Waals surface area contributed by atoms with Crippen molar-refractivity contribution in [3.8, 4) is 0 Å². The molecule has 0 atom stereocenters. The van der Waals surface area contributed by atoms with Crippen LogP contribution in [0.25, 0.3) is 0 Å². The largest absolute Gasteiger partial charge is 0.367 e. The molecular formula is C15H17BrN2S. The Morgan fingerprint density at radius 3 is 3.00 bits per heavy atom. The number of nitrogens with two attached hydrogens (primary N) is 1. The molecule has 2 aromatic rings. The lowest BCUT2D eigenvalue weighted by Crippen LogP contribution is -2.29. The normalized spacial score (nSPS) is 14.5. The first-order valence-electron chi connectivity index (χ1n) is 6.56. The van der Waals surface area contributed by atoms with Crippen molar-refractivity contribution in [3.05, 3.63) is 50.1 Å². The average molecular weight is 337 g/mol. The van der Waals surface area contributed by atoms with E-state index in [1.165, 1.54) is 21.3 Å². The summed E-state index contributed by atoms with van der Waals surface area (Å²) in [6, 6.07) is 8.88. The van der Waals surface area contributed by atoms with Gasteiger partial charge in [-0.3, -0.25) is 0 Å². The van der Waals surface area contributed by atoms with E-state index >= 15 is 0 Å². The van der Waals surface area contributed by atoms with Crippen LogP contribution in [0.3, 0.4) is 0 Å². The number of fused-ring (bicyclic) bond motifs is 1. The second-order valence-corrected chi connectivity index (χ2v) is 6.71. The lowest BCUT2D eigenvalue weighted by Gasteiger charge is -2.29. The van der Waals surface area contributed by atoms with Gasteiger partial charge in [-0.25, -0.2) is 0 Å². The summed E-state index contributed by atoms with van der Waals surface area (Å²) >= 11 is 5.54. The summed E-state index contributed by atoms with van der Waals surface area (Å²) in [7, 11) is 0. The molecule has 1 aromatic heterocycles. The molecule has 4 heteroatoms. The maximum atomic E-state index is 5.62. The number of hydrogen-bond acceptors (Lipinski definition) is 3. The van der Waals surface area contributed by atoms with E-state index in [4.69, 9.17) is 5.73 Å². The molecule has 0 spiro atoms. The molecule has 2 N–H and O–H groups in total. The maximum Gasteiger partial charge on any atom is 0.0440 e. The van der Waals surface area contributed by atoms with Crippen LogP contribution in [0.5, 0.6) is 0 Å². The summed E-state index contributed by atoms with van der Waals surface area (Å²) in [5.74, 6) is 0. The number of nitrogens with zero attached hydrogens (tertiary/aromatic N) is 1. The van der Waals surface area contributed by atoms with E-state index in [9.17, 15) is 0 Å². The van der Waals surface area contributed by atoms with Crippen LogP contribution in [-0.4, -0.2) is 13.1 Å². The van der Waals surface area contributed by atoms with Gasteiger partial charge in [-0.05, 0) is 54.1 Å². The Balaban J connectivity index is 1.82. The number of thiophene rings is 1. The van der Waals surface area contributed by atoms with Crippen LogP contribution in [0.1, 0.15) is 16.0 Å². The molecular weight excluding hydrogens is 320 g/mol. The van der Waals surface area contributed by atoms with Gasteiger partial charge in [-0.1, -0.05) is 22.0 Å². The molecule has 2 heterocycles. The fourth-order valence-electron chi connectivity index (χ4n) is 2.56. The van der Waals surface area contributed by atoms with Gasteiger partial charge in [-0.15, -0.1) is 11.3 Å². The highest BCUT2D eigenvalue weighted by atomic mass is 79.9. The highest BCUT2D eigenvalue weighted by Crippen LogP contribution is 2.30. The zero-order valence-electron chi connectivity index (χ0n) is 10.7. The van der Waals surface area contributed by atoms with Crippen molar-refractivity contribution >= 4 is 33.0 Å². The lowest BCUT2D eigenvalue weighted by molar-refractivity contribution is 0.743. The Bertz CT molecular complexity index is 579. The first kappa shape index (κ1) is 13.2. The fourth-order valence-corrected chi connectivity index (χ4v) is 4.01. The molecule has 0 unspecified atom stereocenters. The van der Waals surface area contributed by atoms with Crippen molar-refractivity contribution in [2.45, 2.75) is 19.4 Å². The first-order chi connectivity index (χ1) is 9.28. The van der Waals surface area contributed by atoms with Crippen LogP contribution in [0.2, 0.25) is 0 Å². The topological polar surface area (TPSA) is 29.3 Å². The molecule has 0 saturated carbocycles. The van der Waals surface area contributed by atoms with Gasteiger partial charge in [0.2, 0.25) is 0 Å². The van der Waals surface area contributed by atoms with Crippen LogP contribution < -0.4 is 10.6 Å². The van der Waals surface area contributed by atoms with E-state index in [1.807, 2.05) is 11.3 Å². The van der Waals surface area contributed by atoms with Crippen molar-refractivity contribution in [2.75, 3.05) is 18.0 Å². The standard InChI is InChI=1S/C15H17BrN2S/c16-14-9-13(2-1-11(14)3-6-17)18-7-4-15-12(10-18)5-8-19-15/h1-2,5,8-9H,3-4,6-7,10,17H2. The molecule has 100 valence electrons. The highest BCUT2D eigenvalue weighted by Gasteiger charge is 2.17. The highest BCUT2D eigenvalue weighted by molar-refractivity contribution is 9.10. The third kappa shape index (κ3) is 2.71. The second kappa shape index (κ2) is 5.65. The van der Waals surface area contributed by atoms with Crippen molar-refractivity contribution in [2.24, 2.45) is 5.73 Å². The van der Waals surface area contributed by atoms with Crippen LogP contribution in [0.4, 0.5) is 5.69 Å². The first-order valence-corrected chi connectivity index (χ1v) is 8.24. The maximum absolute atomic E-state index is 5.62. The number of rotatable bonds is 3. The van der Waals surface area contributed by atoms with E-state index in [0.29, 0.717) is 6.54 Å². The molecule has 0 fully saturated rings. The van der Waals surface area contributed by atoms with Gasteiger partial charge in [0.1, 0.15) is 0 Å². The number of benzene rings is 1. The number of hydrogen-bond donors (Lipinski definition) is 1. The minimum atomic E-state index is 0.694. The van der Waals surface area contributed by atoms with Gasteiger partial charge in [0.05, 0.1) is 0 Å². The van der Waals surface area contributed by atoms with Gasteiger partial charge >= 0.3 is 0 Å². The van der Waals surface area contributed by atoms with Gasteiger partial charge < -0.3 is 10.6 Å². The third-order valence-corrected chi connectivity index (χ3v) is 5.38. The van der Waals surface area contributed by atoms with E-state index in [1.54, 1.807) is 4.88 Å². The molecule has 1 aliphatic heterocycles. The van der Waals surface area contributed by atoms with E-state index in [2.05, 4.69) is 50.5 Å². The Kier molecular flexibility index (Phi) is 3.91. The smallest absolute Gasteiger partial charge is 0.0440 e. The average Bonchev–Trinajstić information content (AvgIpc) is 2.88. The number of anilines is 1. The molecule has 3 rings (SSSR count). The molecule has 0 aliphatic carbocycles. The van der Waals surface area contributed by atoms with E-state index < -0.39 is 0 Å². The summed E-state index contributed by atoms with van der Waals surface area (Å²) in [6.07, 6.45) is 2.09. The summed E-state index contributed by atoms with van der Waals surface area (Å²) in [5, 5.41) is 2.20. The summed E-state index contributed by atoms with van der Waals surface area (Å²) in [6.45, 7) is 2.83. The van der Waals surface area contributed by atoms with Crippen LogP contribution in [-0.2, 0) is 19.4 Å². The Morgan fingerprint density at radius 2 is 2.21 bits per heavy atom. The molecule has 0 bridgehead atoms. The quantitative estimate of drug-likeness (QED) is 0.928. The second-order valence-electron chi connectivity index (χ2n) is 4.85. The Hall–Kier alpha value is -0.840. The van der Waals surface area contributed by atoms with Crippen LogP contribution >= 0.6 is 27.3 Å². The summed E-state index contributed by atoms with van der Waals surface area (Å²) in [5.41, 5.74) is 9.69. The predicted octanol–water partition coefficient (Wildman–Crippen LogP) is 3.57. The van der Waals surface area contributed by atoms with Gasteiger partial charge in [0.15, 0.2) is 0 Å². The van der Waals surface area contributed by atoms with Crippen molar-refractivity contribution in [3.63, 3.8) is 0 Å². The number of halogens is 1. The van der Waals surface area contributed by atoms with E-state index in [0.717, 1.165) is 25.9 Å². The summed E-state index contributed by atoms with van der Waals surface area (Å²) < 4.78 is 1.17. The van der Waals surface area contributed by atoms with Crippen LogP contribution in [0, 0.1) is 0 Å². The van der Waals surface area contributed by atoms with Gasteiger partial charge in [0.25, 0.3) is 0 Å². The molecule has 0 amide bonds. The van der Waals surface area contributed by atoms with E-state index in [-0.39, 0.29) is 0 Å². The minimum absolute atomic E-state index is 0.694. The minimum Gasteiger partial charge on any atom is -0.367 e. The molecule has 0 radical (unpaired) electrons. The van der Waals surface area contributed by atoms with Crippen molar-refractivity contribution < 1.29 is 0 Å². The third-order valence-electron chi connectivity index (χ3n) is 3.62. The fraction of sp³-hybridized carbons (Fsp3) is 0.333. The molecule has 1 aromatic carbocycles. The Morgan fingerprint density at radius 1 is 1.32 bits per heavy atom. The molecule has 19 heavy (non-hydrogen) atoms. The molecule has 2 nitrogen and oxygen atoms in total. The zero-order chi connectivity index (χ0) is 13.2. The van der Waals surface area contributed by atoms with Crippen molar-refractivity contribution in [1.29, 1.82) is 0 Å². The molecule has 0 saturated heterocycles. The predicted molar refractivity (Wildman–Crippen MR) is 86.0 cm³/mol. The van der Waals surface area contributed by atoms with Gasteiger partial charge in [-0.2, -0.15) is 0 Å². The molecule has 1 aliphatic rings. The van der Waals surface area contributed by atoms with Crippen molar-refractivity contribution in [1.82, 2.24) is 0 Å².